The van der Waals surface area contributed by atoms with Gasteiger partial charge in [0.2, 0.25) is 5.78 Å². The average Bonchev–Trinajstić information content (AvgIpc) is 2.85. The van der Waals surface area contributed by atoms with Gasteiger partial charge in [-0.05, 0) is 53.6 Å². The molecule has 0 spiro atoms. The number of aromatic hydroxyl groups is 1. The summed E-state index contributed by atoms with van der Waals surface area (Å²) in [6.07, 6.45) is -0.00256. The largest absolute Gasteiger partial charge is 0.511 e. The monoisotopic (exact) mass is 506 g/mol. The number of carbonyl (C=O) groups excluding carboxylic acids is 3. The maximum absolute atomic E-state index is 13.7. The number of carbonyl (C=O) groups is 3. The smallest absolute Gasteiger partial charge is 0.255 e. The molecule has 1 amide bonds. The second-order valence-corrected chi connectivity index (χ2v) is 9.63. The molecule has 0 radical (unpaired) electrons. The number of methoxy groups -OCH3 is 1. The summed E-state index contributed by atoms with van der Waals surface area (Å²) >= 11 is 0. The van der Waals surface area contributed by atoms with Crippen molar-refractivity contribution in [1.29, 1.82) is 0 Å². The molecule has 192 valence electrons. The van der Waals surface area contributed by atoms with Crippen LogP contribution in [-0.2, 0) is 22.6 Å². The van der Waals surface area contributed by atoms with Crippen LogP contribution in [0.3, 0.4) is 0 Å². The Balaban J connectivity index is 1.67. The molecule has 0 aromatic heterocycles. The van der Waals surface area contributed by atoms with E-state index in [0.29, 0.717) is 16.9 Å². The average molecular weight is 507 g/mol. The summed E-state index contributed by atoms with van der Waals surface area (Å²) in [5, 5.41) is 43.4. The normalized spacial score (nSPS) is 24.9. The lowest BCUT2D eigenvalue weighted by Crippen LogP contribution is -2.57. The molecule has 2 aromatic rings. The van der Waals surface area contributed by atoms with Gasteiger partial charge in [0.15, 0.2) is 11.4 Å². The maximum atomic E-state index is 13.7. The highest BCUT2D eigenvalue weighted by atomic mass is 16.5. The Bertz CT molecular complexity index is 1460. The molecule has 8 N–H and O–H groups in total. The fourth-order valence-electron chi connectivity index (χ4n) is 6.00. The van der Waals surface area contributed by atoms with Crippen molar-refractivity contribution in [1.82, 2.24) is 0 Å². The minimum absolute atomic E-state index is 0.0424. The lowest BCUT2D eigenvalue weighted by molar-refractivity contribution is -0.144. The highest BCUT2D eigenvalue weighted by Crippen LogP contribution is 2.52. The van der Waals surface area contributed by atoms with E-state index in [2.05, 4.69) is 0 Å². The number of primary amides is 1. The first-order valence-corrected chi connectivity index (χ1v) is 11.7. The van der Waals surface area contributed by atoms with Gasteiger partial charge >= 0.3 is 0 Å². The first-order valence-electron chi connectivity index (χ1n) is 11.7. The molecular weight excluding hydrogens is 480 g/mol. The Hall–Kier alpha value is -4.15. The zero-order valence-corrected chi connectivity index (χ0v) is 19.9. The van der Waals surface area contributed by atoms with Gasteiger partial charge in [-0.3, -0.25) is 14.4 Å². The van der Waals surface area contributed by atoms with E-state index in [4.69, 9.17) is 16.2 Å². The molecule has 0 saturated carbocycles. The van der Waals surface area contributed by atoms with E-state index in [1.54, 1.807) is 12.1 Å². The summed E-state index contributed by atoms with van der Waals surface area (Å²) in [4.78, 5) is 38.5. The molecule has 3 atom stereocenters. The van der Waals surface area contributed by atoms with Gasteiger partial charge in [-0.2, -0.15) is 0 Å². The first-order chi connectivity index (χ1) is 17.5. The standard InChI is InChI=1S/C27H26N2O8/c1-37-19-5-2-11(6-13(19)10-28)15-3-4-17(30)21-16(15)8-12-7-14-9-18(31)22(26(29)35)25(34)27(14,36)24(33)20(12)23(21)32/h2-6,12,14,30-31,33,36H,7-10,28H2,1H3,(H2,29,35)/t12-,14+,27+/m1/s1. The van der Waals surface area contributed by atoms with Crippen molar-refractivity contribution in [2.45, 2.75) is 31.4 Å². The summed E-state index contributed by atoms with van der Waals surface area (Å²) in [5.74, 6) is -5.96. The minimum atomic E-state index is -2.59. The number of aliphatic hydroxyl groups excluding tert-OH is 2. The second-order valence-electron chi connectivity index (χ2n) is 9.63. The van der Waals surface area contributed by atoms with Crippen LogP contribution in [0.4, 0.5) is 0 Å². The Labute approximate surface area is 211 Å². The number of allylic oxidation sites excluding steroid dienone is 2. The van der Waals surface area contributed by atoms with E-state index in [0.717, 1.165) is 11.1 Å². The number of hydrogen-bond acceptors (Lipinski definition) is 9. The van der Waals surface area contributed by atoms with Gasteiger partial charge < -0.3 is 36.6 Å². The third-order valence-corrected chi connectivity index (χ3v) is 7.76. The van der Waals surface area contributed by atoms with E-state index < -0.39 is 52.0 Å². The van der Waals surface area contributed by atoms with Crippen LogP contribution in [0.1, 0.15) is 34.3 Å². The number of Topliss-reactive ketones (excluding diaryl/α,β-unsaturated/α-hetero) is 2. The summed E-state index contributed by atoms with van der Waals surface area (Å²) in [6, 6.07) is 8.47. The van der Waals surface area contributed by atoms with Crippen LogP contribution in [0, 0.1) is 11.8 Å². The number of aliphatic hydroxyl groups is 3. The maximum Gasteiger partial charge on any atom is 0.255 e. The van der Waals surface area contributed by atoms with Crippen LogP contribution in [0.25, 0.3) is 11.1 Å². The predicted molar refractivity (Wildman–Crippen MR) is 131 cm³/mol. The molecule has 3 aliphatic carbocycles. The van der Waals surface area contributed by atoms with E-state index in [-0.39, 0.29) is 42.7 Å². The van der Waals surface area contributed by atoms with Gasteiger partial charge in [-0.25, -0.2) is 0 Å². The van der Waals surface area contributed by atoms with Crippen molar-refractivity contribution in [3.05, 3.63) is 69.7 Å². The topological polar surface area (TPSA) is 193 Å². The highest BCUT2D eigenvalue weighted by Gasteiger charge is 2.59. The van der Waals surface area contributed by atoms with Gasteiger partial charge in [0.25, 0.3) is 5.91 Å². The molecule has 37 heavy (non-hydrogen) atoms. The van der Waals surface area contributed by atoms with Crippen molar-refractivity contribution in [2.24, 2.45) is 23.3 Å². The summed E-state index contributed by atoms with van der Waals surface area (Å²) in [7, 11) is 1.54. The number of benzene rings is 2. The number of ether oxygens (including phenoxy) is 1. The molecule has 0 bridgehead atoms. The van der Waals surface area contributed by atoms with Crippen LogP contribution in [0.2, 0.25) is 0 Å². The zero-order valence-electron chi connectivity index (χ0n) is 19.9. The second kappa shape index (κ2) is 8.46. The highest BCUT2D eigenvalue weighted by molar-refractivity contribution is 6.24. The third kappa shape index (κ3) is 3.36. The number of nitrogens with two attached hydrogens (primary N) is 2. The molecule has 0 saturated heterocycles. The molecular formula is C27H26N2O8. The number of phenols is 1. The molecule has 0 heterocycles. The summed E-state index contributed by atoms with van der Waals surface area (Å²) < 4.78 is 5.35. The Morgan fingerprint density at radius 3 is 2.51 bits per heavy atom. The SMILES string of the molecule is COc1ccc(-c2ccc(O)c3c2C[C@H]2C[C@H]4CC(O)=C(C(N)=O)C(=O)[C@@]4(O)C(O)=C2C3=O)cc1CN. The van der Waals surface area contributed by atoms with E-state index >= 15 is 0 Å². The molecule has 10 nitrogen and oxygen atoms in total. The van der Waals surface area contributed by atoms with Crippen molar-refractivity contribution in [2.75, 3.05) is 7.11 Å². The predicted octanol–water partition coefficient (Wildman–Crippen LogP) is 1.71. The van der Waals surface area contributed by atoms with Gasteiger partial charge in [-0.15, -0.1) is 0 Å². The van der Waals surface area contributed by atoms with Crippen molar-refractivity contribution >= 4 is 17.5 Å². The number of hydrogen-bond donors (Lipinski definition) is 6. The van der Waals surface area contributed by atoms with Crippen molar-refractivity contribution in [3.8, 4) is 22.6 Å². The third-order valence-electron chi connectivity index (χ3n) is 7.76. The van der Waals surface area contributed by atoms with Crippen LogP contribution in [0.5, 0.6) is 11.5 Å². The fraction of sp³-hybridized carbons (Fsp3) is 0.296. The molecule has 0 unspecified atom stereocenters. The Morgan fingerprint density at radius 1 is 1.14 bits per heavy atom. The molecule has 2 aromatic carbocycles. The molecule has 3 aliphatic rings. The zero-order chi connectivity index (χ0) is 26.8. The number of amides is 1. The van der Waals surface area contributed by atoms with Crippen LogP contribution >= 0.6 is 0 Å². The first kappa shape index (κ1) is 24.5. The number of ketones is 2. The molecule has 10 heteroatoms. The minimum Gasteiger partial charge on any atom is -0.511 e. The van der Waals surface area contributed by atoms with Crippen LogP contribution in [0.15, 0.2) is 53.0 Å². The van der Waals surface area contributed by atoms with Gasteiger partial charge in [0.1, 0.15) is 28.6 Å². The summed E-state index contributed by atoms with van der Waals surface area (Å²) in [5.41, 5.74) is 10.2. The molecule has 5 rings (SSSR count). The van der Waals surface area contributed by atoms with Crippen molar-refractivity contribution < 1.29 is 39.5 Å². The van der Waals surface area contributed by atoms with Gasteiger partial charge in [0.05, 0.1) is 12.7 Å². The lowest BCUT2D eigenvalue weighted by Gasteiger charge is -2.45. The van der Waals surface area contributed by atoms with E-state index in [9.17, 15) is 34.8 Å². The molecule has 0 aliphatic heterocycles. The quantitative estimate of drug-likeness (QED) is 0.335. The fourth-order valence-corrected chi connectivity index (χ4v) is 6.00. The lowest BCUT2D eigenvalue weighted by atomic mass is 9.60. The van der Waals surface area contributed by atoms with Gasteiger partial charge in [0, 0.05) is 30.0 Å². The van der Waals surface area contributed by atoms with E-state index in [1.807, 2.05) is 12.1 Å². The number of phenolic OH excluding ortho intramolecular Hbond substituents is 1. The Kier molecular flexibility index (Phi) is 5.61. The van der Waals surface area contributed by atoms with E-state index in [1.165, 1.54) is 13.2 Å². The van der Waals surface area contributed by atoms with Crippen LogP contribution in [-0.4, -0.2) is 50.6 Å². The van der Waals surface area contributed by atoms with Crippen molar-refractivity contribution in [3.63, 3.8) is 0 Å². The molecule has 0 fully saturated rings. The van der Waals surface area contributed by atoms with Crippen LogP contribution < -0.4 is 16.2 Å². The summed E-state index contributed by atoms with van der Waals surface area (Å²) in [6.45, 7) is 0.220. The number of rotatable bonds is 4. The number of fused-ring (bicyclic) bond motifs is 3. The van der Waals surface area contributed by atoms with Gasteiger partial charge in [-0.1, -0.05) is 12.1 Å². The Morgan fingerprint density at radius 2 is 1.86 bits per heavy atom.